The molecule has 2 amide bonds. The molecule has 1 aliphatic heterocycles. The fourth-order valence-corrected chi connectivity index (χ4v) is 4.23. The van der Waals surface area contributed by atoms with Crippen LogP contribution in [0, 0.1) is 13.8 Å². The van der Waals surface area contributed by atoms with Crippen LogP contribution in [0.25, 0.3) is 0 Å². The Morgan fingerprint density at radius 2 is 1.83 bits per heavy atom. The van der Waals surface area contributed by atoms with Crippen molar-refractivity contribution in [3.63, 3.8) is 0 Å². The Morgan fingerprint density at radius 3 is 2.62 bits per heavy atom. The zero-order chi connectivity index (χ0) is 20.9. The first-order valence-electron chi connectivity index (χ1n) is 9.32. The molecule has 0 aliphatic carbocycles. The van der Waals surface area contributed by atoms with E-state index < -0.39 is 16.1 Å². The van der Waals surface area contributed by atoms with Crippen LogP contribution in [0.5, 0.6) is 11.5 Å². The number of carbonyl (C=O) groups excluding carboxylic acids is 1. The van der Waals surface area contributed by atoms with Gasteiger partial charge in [0.05, 0.1) is 11.4 Å². The molecule has 2 aromatic carbocycles. The van der Waals surface area contributed by atoms with E-state index in [2.05, 4.69) is 15.4 Å². The number of benzene rings is 2. The molecule has 0 aromatic heterocycles. The van der Waals surface area contributed by atoms with Crippen molar-refractivity contribution in [3.05, 3.63) is 53.6 Å². The number of ether oxygens (including phenoxy) is 2. The van der Waals surface area contributed by atoms with Gasteiger partial charge in [-0.15, -0.1) is 0 Å². The lowest BCUT2D eigenvalue weighted by atomic mass is 10.2. The summed E-state index contributed by atoms with van der Waals surface area (Å²) in [4.78, 5) is 12.2. The van der Waals surface area contributed by atoms with Crippen LogP contribution >= 0.6 is 0 Å². The van der Waals surface area contributed by atoms with E-state index in [4.69, 9.17) is 9.47 Å². The maximum absolute atomic E-state index is 12.4. The van der Waals surface area contributed by atoms with Crippen molar-refractivity contribution in [2.45, 2.75) is 24.8 Å². The largest absolute Gasteiger partial charge is 0.486 e. The standard InChI is InChI=1S/C20H25N3O5S/c1-14-7-8-15(2)19(11-14)29(25,26)23-10-9-21-20(24)22-12-16-13-27-17-5-3-4-6-18(17)28-16/h3-8,11,16,23H,9-10,12-13H2,1-2H3,(H2,21,22,24)/t16-/m1/s1. The predicted octanol–water partition coefficient (Wildman–Crippen LogP) is 1.72. The molecule has 1 atom stereocenters. The van der Waals surface area contributed by atoms with Crippen LogP contribution < -0.4 is 24.8 Å². The fraction of sp³-hybridized carbons (Fsp3) is 0.350. The molecule has 156 valence electrons. The molecule has 0 radical (unpaired) electrons. The number of hydrogen-bond donors (Lipinski definition) is 3. The Morgan fingerprint density at radius 1 is 1.07 bits per heavy atom. The van der Waals surface area contributed by atoms with Gasteiger partial charge >= 0.3 is 6.03 Å². The minimum atomic E-state index is -3.63. The van der Waals surface area contributed by atoms with Crippen LogP contribution in [-0.4, -0.2) is 46.8 Å². The fourth-order valence-electron chi connectivity index (χ4n) is 2.87. The summed E-state index contributed by atoms with van der Waals surface area (Å²) in [6.07, 6.45) is -0.293. The van der Waals surface area contributed by atoms with E-state index in [0.29, 0.717) is 23.7 Å². The highest BCUT2D eigenvalue weighted by atomic mass is 32.2. The SMILES string of the molecule is Cc1ccc(C)c(S(=O)(=O)NCCNC(=O)NC[C@@H]2COc3ccccc3O2)c1. The third-order valence-electron chi connectivity index (χ3n) is 4.39. The number of hydrogen-bond acceptors (Lipinski definition) is 5. The summed E-state index contributed by atoms with van der Waals surface area (Å²) < 4.78 is 38.7. The molecule has 0 saturated heterocycles. The lowest BCUT2D eigenvalue weighted by molar-refractivity contribution is 0.0918. The van der Waals surface area contributed by atoms with Crippen LogP contribution in [0.1, 0.15) is 11.1 Å². The third kappa shape index (κ3) is 5.61. The number of nitrogens with one attached hydrogen (secondary N) is 3. The van der Waals surface area contributed by atoms with Gasteiger partial charge in [-0.3, -0.25) is 0 Å². The Hall–Kier alpha value is -2.78. The predicted molar refractivity (Wildman–Crippen MR) is 109 cm³/mol. The molecular weight excluding hydrogens is 394 g/mol. The number of amides is 2. The van der Waals surface area contributed by atoms with E-state index in [9.17, 15) is 13.2 Å². The zero-order valence-corrected chi connectivity index (χ0v) is 17.2. The first-order chi connectivity index (χ1) is 13.8. The summed E-state index contributed by atoms with van der Waals surface area (Å²) in [6.45, 7) is 4.43. The molecule has 3 rings (SSSR count). The minimum absolute atomic E-state index is 0.0829. The molecular formula is C20H25N3O5S. The molecule has 0 saturated carbocycles. The van der Waals surface area contributed by atoms with Crippen molar-refractivity contribution in [2.24, 2.45) is 0 Å². The summed E-state index contributed by atoms with van der Waals surface area (Å²) in [5.74, 6) is 1.33. The molecule has 1 heterocycles. The number of urea groups is 1. The summed E-state index contributed by atoms with van der Waals surface area (Å²) in [5.41, 5.74) is 1.54. The first kappa shape index (κ1) is 20.9. The molecule has 8 nitrogen and oxygen atoms in total. The Bertz CT molecular complexity index is 978. The Balaban J connectivity index is 1.39. The van der Waals surface area contributed by atoms with Gasteiger partial charge in [-0.25, -0.2) is 17.9 Å². The number of carbonyl (C=O) groups is 1. The van der Waals surface area contributed by atoms with Gasteiger partial charge in [-0.05, 0) is 43.2 Å². The monoisotopic (exact) mass is 419 g/mol. The second kappa shape index (κ2) is 9.15. The number of aryl methyl sites for hydroxylation is 2. The van der Waals surface area contributed by atoms with Crippen molar-refractivity contribution in [2.75, 3.05) is 26.2 Å². The van der Waals surface area contributed by atoms with E-state index in [1.54, 1.807) is 19.1 Å². The second-order valence-corrected chi connectivity index (χ2v) is 8.54. The van der Waals surface area contributed by atoms with E-state index in [0.717, 1.165) is 5.56 Å². The van der Waals surface area contributed by atoms with E-state index in [1.165, 1.54) is 0 Å². The average molecular weight is 420 g/mol. The topological polar surface area (TPSA) is 106 Å². The summed E-state index contributed by atoms with van der Waals surface area (Å²) in [6, 6.07) is 12.2. The molecule has 0 spiro atoms. The molecule has 9 heteroatoms. The van der Waals surface area contributed by atoms with Crippen LogP contribution in [0.15, 0.2) is 47.4 Å². The van der Waals surface area contributed by atoms with Gasteiger partial charge in [-0.1, -0.05) is 24.3 Å². The molecule has 3 N–H and O–H groups in total. The second-order valence-electron chi connectivity index (χ2n) is 6.80. The zero-order valence-electron chi connectivity index (χ0n) is 16.4. The summed E-state index contributed by atoms with van der Waals surface area (Å²) in [5, 5.41) is 5.31. The highest BCUT2D eigenvalue weighted by Gasteiger charge is 2.21. The highest BCUT2D eigenvalue weighted by Crippen LogP contribution is 2.30. The lowest BCUT2D eigenvalue weighted by Crippen LogP contribution is -2.46. The first-order valence-corrected chi connectivity index (χ1v) is 10.8. The molecule has 0 fully saturated rings. The maximum atomic E-state index is 12.4. The van der Waals surface area contributed by atoms with Gasteiger partial charge in [0.25, 0.3) is 0 Å². The van der Waals surface area contributed by atoms with Crippen molar-refractivity contribution in [3.8, 4) is 11.5 Å². The number of fused-ring (bicyclic) bond motifs is 1. The summed E-state index contributed by atoms with van der Waals surface area (Å²) in [7, 11) is -3.63. The smallest absolute Gasteiger partial charge is 0.314 e. The third-order valence-corrected chi connectivity index (χ3v) is 6.00. The highest BCUT2D eigenvalue weighted by molar-refractivity contribution is 7.89. The quantitative estimate of drug-likeness (QED) is 0.593. The van der Waals surface area contributed by atoms with Crippen molar-refractivity contribution < 1.29 is 22.7 Å². The van der Waals surface area contributed by atoms with Gasteiger partial charge < -0.3 is 20.1 Å². The maximum Gasteiger partial charge on any atom is 0.314 e. The van der Waals surface area contributed by atoms with Gasteiger partial charge in [-0.2, -0.15) is 0 Å². The van der Waals surface area contributed by atoms with Crippen LogP contribution in [-0.2, 0) is 10.0 Å². The minimum Gasteiger partial charge on any atom is -0.486 e. The van der Waals surface area contributed by atoms with Crippen molar-refractivity contribution in [1.82, 2.24) is 15.4 Å². The van der Waals surface area contributed by atoms with Gasteiger partial charge in [0.2, 0.25) is 10.0 Å². The van der Waals surface area contributed by atoms with Crippen LogP contribution in [0.3, 0.4) is 0 Å². The molecule has 29 heavy (non-hydrogen) atoms. The summed E-state index contributed by atoms with van der Waals surface area (Å²) >= 11 is 0. The Kier molecular flexibility index (Phi) is 6.60. The van der Waals surface area contributed by atoms with Gasteiger partial charge in [0, 0.05) is 13.1 Å². The van der Waals surface area contributed by atoms with Crippen molar-refractivity contribution in [1.29, 1.82) is 0 Å². The van der Waals surface area contributed by atoms with Crippen LogP contribution in [0.2, 0.25) is 0 Å². The van der Waals surface area contributed by atoms with E-state index >= 15 is 0 Å². The molecule has 2 aromatic rings. The van der Waals surface area contributed by atoms with E-state index in [1.807, 2.05) is 37.3 Å². The molecule has 1 aliphatic rings. The average Bonchev–Trinajstić information content (AvgIpc) is 2.71. The van der Waals surface area contributed by atoms with Crippen LogP contribution in [0.4, 0.5) is 4.79 Å². The number of sulfonamides is 1. The molecule has 0 bridgehead atoms. The normalized spacial score (nSPS) is 15.6. The van der Waals surface area contributed by atoms with Crippen molar-refractivity contribution >= 4 is 16.1 Å². The van der Waals surface area contributed by atoms with Gasteiger partial charge in [0.15, 0.2) is 17.6 Å². The number of rotatable bonds is 7. The molecule has 0 unspecified atom stereocenters. The lowest BCUT2D eigenvalue weighted by Gasteiger charge is -2.26. The van der Waals surface area contributed by atoms with E-state index in [-0.39, 0.29) is 30.6 Å². The van der Waals surface area contributed by atoms with Gasteiger partial charge in [0.1, 0.15) is 6.61 Å². The number of para-hydroxylation sites is 2. The Labute approximate surface area is 170 Å².